The van der Waals surface area contributed by atoms with Crippen molar-refractivity contribution in [1.29, 1.82) is 0 Å². The van der Waals surface area contributed by atoms with Crippen molar-refractivity contribution < 1.29 is 98.6 Å². The summed E-state index contributed by atoms with van der Waals surface area (Å²) < 4.78 is 15.7. The van der Waals surface area contributed by atoms with Gasteiger partial charge in [0.15, 0.2) is 0 Å². The zero-order chi connectivity index (χ0) is 83.7. The molecule has 0 saturated heterocycles. The molecule has 0 aliphatic rings. The van der Waals surface area contributed by atoms with E-state index in [1.54, 1.807) is 37.1 Å². The van der Waals surface area contributed by atoms with Crippen LogP contribution in [-0.2, 0) is 0 Å². The van der Waals surface area contributed by atoms with E-state index in [0.29, 0.717) is 64.3 Å². The second kappa shape index (κ2) is 69.8. The van der Waals surface area contributed by atoms with Crippen LogP contribution in [0.4, 0.5) is 0 Å². The quantitative estimate of drug-likeness (QED) is 0.0599. The van der Waals surface area contributed by atoms with Crippen molar-refractivity contribution in [3.63, 3.8) is 0 Å². The number of benzene rings is 6. The Hall–Kier alpha value is -16.2. The lowest BCUT2D eigenvalue weighted by atomic mass is 10.0. The summed E-state index contributed by atoms with van der Waals surface area (Å²) >= 11 is 0. The molecular weight excluding hydrogens is 1410 g/mol. The summed E-state index contributed by atoms with van der Waals surface area (Å²) in [7, 11) is 0. The zero-order valence-corrected chi connectivity index (χ0v) is 66.0. The summed E-state index contributed by atoms with van der Waals surface area (Å²) in [5.41, 5.74) is 9.06. The number of aromatic hydroxyl groups is 2. The number of phenolic OH excluding ortho intramolecular Hbond substituents is 2. The molecule has 0 aliphatic heterocycles. The minimum Gasteiger partial charge on any atom is -0.508 e. The lowest BCUT2D eigenvalue weighted by Crippen LogP contribution is -2.23. The third-order valence-electron chi connectivity index (χ3n) is 12.6. The molecule has 11 heteroatoms. The molecule has 6 aromatic carbocycles. The second-order valence-electron chi connectivity index (χ2n) is 23.0. The molecule has 0 spiro atoms. The number of phenols is 2. The van der Waals surface area contributed by atoms with Gasteiger partial charge < -0.3 is 55.8 Å². The van der Waals surface area contributed by atoms with Crippen molar-refractivity contribution in [1.82, 2.24) is 0 Å². The molecule has 0 atom stereocenters. The molecule has 0 saturated carbocycles. The molecule has 0 heterocycles. The summed E-state index contributed by atoms with van der Waals surface area (Å²) in [4.78, 5) is 0. The van der Waals surface area contributed by atoms with Crippen LogP contribution < -0.4 is 14.2 Å². The molecule has 11 nitrogen and oxygen atoms in total. The normalized spacial score (nSPS) is 7.64. The van der Waals surface area contributed by atoms with E-state index >= 15 is 0 Å². The van der Waals surface area contributed by atoms with E-state index in [1.807, 2.05) is 121 Å². The molecule has 0 bridgehead atoms. The Morgan fingerprint density at radius 1 is 0.281 bits per heavy atom. The van der Waals surface area contributed by atoms with Gasteiger partial charge in [-0.1, -0.05) is 179 Å². The summed E-state index contributed by atoms with van der Waals surface area (Å²) in [5.74, 6) is 92.9. The number of rotatable bonds is 9. The van der Waals surface area contributed by atoms with Crippen LogP contribution in [-0.4, -0.2) is 47.6 Å². The van der Waals surface area contributed by atoms with Crippen LogP contribution in [0.25, 0.3) is 0 Å². The number of hydrogen-bond donors (Lipinski definition) is 6. The van der Waals surface area contributed by atoms with Crippen LogP contribution in [0, 0.1) is 282 Å². The van der Waals surface area contributed by atoms with Crippen molar-refractivity contribution in [2.75, 3.05) is 0 Å². The molecule has 114 heavy (non-hydrogen) atoms. The third-order valence-corrected chi connectivity index (χ3v) is 12.6. The Labute approximate surface area is 723 Å². The number of aryl methyl sites for hydroxylation is 1. The van der Waals surface area contributed by atoms with Gasteiger partial charge in [-0.15, -0.1) is 25.7 Å². The van der Waals surface area contributed by atoms with Gasteiger partial charge in [-0.05, 0) is 274 Å². The van der Waals surface area contributed by atoms with E-state index in [1.165, 1.54) is 45.1 Å². The summed E-state index contributed by atoms with van der Waals surface area (Å²) in [6.45, 7) is 29.6. The lowest BCUT2D eigenvalue weighted by Gasteiger charge is -2.04. The van der Waals surface area contributed by atoms with E-state index in [4.69, 9.17) is 70.5 Å². The number of terminal acetylenes is 4. The van der Waals surface area contributed by atoms with Crippen LogP contribution in [0.1, 0.15) is 207 Å². The van der Waals surface area contributed by atoms with Crippen LogP contribution in [0.2, 0.25) is 0 Å². The van der Waals surface area contributed by atoms with Crippen LogP contribution >= 0.6 is 0 Å². The maximum atomic E-state index is 8.94. The van der Waals surface area contributed by atoms with Crippen molar-refractivity contribution in [3.05, 3.63) is 185 Å². The van der Waals surface area contributed by atoms with E-state index in [2.05, 4.69) is 328 Å². The minimum absolute atomic E-state index is 0. The van der Waals surface area contributed by atoms with Gasteiger partial charge >= 0.3 is 5.97 Å². The molecule has 6 aromatic rings. The first-order valence-corrected chi connectivity index (χ1v) is 33.8. The summed E-state index contributed by atoms with van der Waals surface area (Å²) in [5, 5.41) is 50.2. The van der Waals surface area contributed by atoms with E-state index < -0.39 is 5.97 Å². The number of ether oxygens (including phenoxy) is 3. The standard InChI is InChI=1S/C21H12O.C19H12O.C17H12O.C11H4.C10H14.2C9H12O.C7H4O4.2H2O.30H2/c1-4-5-6-7-8-9-10-11-12-13-18-22-21-16-14-20(15-17-21)19(2)3;1-4-5-6-7-8-9-10-11-16-20-19-14-12-18(13-15-19)17(2)3;1-4-5-6-7-8-9-14-18-17-12-10-16(11-13-17)15(2)3;1-3-5-7-9-11-10-8-6-4-2;1-8(2)10-6-4-9(3)5-7-10;2*1-7(2)8-3-5-9(10)6-4-8;8-6-4-2-1-3-5-7(9,10)11;;;;;;;;;;;;;;;;;;;;;;;;;;;;;;;;/h1,14-17,19H,2-3H3;1,12-15,17H,2-3H3;1,10-13,15H,2-3H3;1H,2H3;4-8H,1-3H3;2*3-7,10H,1-2H3;8-11H;2*1H2;30*1H. The highest BCUT2D eigenvalue weighted by molar-refractivity contribution is 5.46. The monoisotopic (exact) mass is 1560 g/mol. The zero-order valence-electron chi connectivity index (χ0n) is 66.0. The molecule has 0 radical (unpaired) electrons. The fourth-order valence-corrected chi connectivity index (χ4v) is 6.80. The van der Waals surface area contributed by atoms with Crippen molar-refractivity contribution >= 4 is 0 Å². The van der Waals surface area contributed by atoms with E-state index in [9.17, 15) is 0 Å². The molecule has 0 fully saturated rings. The Morgan fingerprint density at radius 2 is 0.474 bits per heavy atom. The van der Waals surface area contributed by atoms with Crippen LogP contribution in [0.3, 0.4) is 0 Å². The van der Waals surface area contributed by atoms with Gasteiger partial charge in [-0.25, -0.2) is 0 Å². The highest BCUT2D eigenvalue weighted by Gasteiger charge is 2.11. The van der Waals surface area contributed by atoms with Gasteiger partial charge in [0.25, 0.3) is 0 Å². The van der Waals surface area contributed by atoms with Gasteiger partial charge in [0, 0.05) is 132 Å². The Balaban J connectivity index is -0.0000000295. The predicted octanol–water partition coefficient (Wildman–Crippen LogP) is 20.9. The van der Waals surface area contributed by atoms with Gasteiger partial charge in [0.1, 0.15) is 53.2 Å². The van der Waals surface area contributed by atoms with Gasteiger partial charge in [-0.2, -0.15) is 0 Å². The first-order valence-electron chi connectivity index (χ1n) is 33.8. The number of hydrogen-bond acceptors (Lipinski definition) is 9. The third kappa shape index (κ3) is 63.1. The van der Waals surface area contributed by atoms with Crippen molar-refractivity contribution in [2.24, 2.45) is 0 Å². The maximum absolute atomic E-state index is 8.94. The average molecular weight is 1560 g/mol. The molecule has 10 N–H and O–H groups in total. The highest BCUT2D eigenvalue weighted by atomic mass is 16.7. The molecule has 624 valence electrons. The summed E-state index contributed by atoms with van der Waals surface area (Å²) in [6.07, 6.45) is 28.6. The Kier molecular flexibility index (Phi) is 63.8. The first kappa shape index (κ1) is 104. The molecule has 0 unspecified atom stereocenters. The van der Waals surface area contributed by atoms with Crippen LogP contribution in [0.5, 0.6) is 28.7 Å². The second-order valence-corrected chi connectivity index (χ2v) is 23.0. The van der Waals surface area contributed by atoms with Gasteiger partial charge in [0.2, 0.25) is 0 Å². The Morgan fingerprint density at radius 3 is 0.684 bits per heavy atom. The number of aliphatic hydroxyl groups is 4. The minimum atomic E-state index is -3.03. The molecule has 0 aliphatic carbocycles. The SMILES string of the molecule is C#CC#CC#CC#CC#CC.C#CC#CC#CC#CC#CC#COc1ccc(C(C)C)cc1.C#CC#CC#CC#CC#COc1ccc(C(C)C)cc1.C#CC#CC#CC#COc1ccc(C(C)C)cc1.CC(C)c1ccc(O)cc1.CC(C)c1ccc(O)cc1.Cc1ccc(C(C)C)cc1.O.O.OC#CC#CC#CC(O)(O)O.[HH].[HH].[HH].[HH].[HH].[HH].[HH].[HH].[HH].[HH].[HH].[HH].[HH].[HH].[HH].[HH].[HH].[HH].[HH].[HH].[HH].[HH].[HH].[HH].[HH].[HH].[HH].[HH].[HH].[HH]. The molecule has 6 rings (SSSR count). The first-order chi connectivity index (χ1) is 53.8. The van der Waals surface area contributed by atoms with E-state index in [0.717, 1.165) is 0 Å². The molecule has 0 amide bonds. The van der Waals surface area contributed by atoms with Crippen LogP contribution in [0.15, 0.2) is 146 Å². The summed E-state index contributed by atoms with van der Waals surface area (Å²) in [6, 6.07) is 46.8. The molecular formula is C103H146O11. The smallest absolute Gasteiger partial charge is 0.346 e. The van der Waals surface area contributed by atoms with E-state index in [-0.39, 0.29) is 53.8 Å². The fourth-order valence-electron chi connectivity index (χ4n) is 6.80. The topological polar surface area (TPSA) is 212 Å². The van der Waals surface area contributed by atoms with Gasteiger partial charge in [-0.3, -0.25) is 0 Å². The van der Waals surface area contributed by atoms with Gasteiger partial charge in [0.05, 0.1) is 0 Å². The Bertz CT molecular complexity index is 5480. The fraction of sp³-hybridized carbons (Fsp3) is 0.204. The highest BCUT2D eigenvalue weighted by Crippen LogP contribution is 2.22. The van der Waals surface area contributed by atoms with Crippen molar-refractivity contribution in [3.8, 4) is 304 Å². The van der Waals surface area contributed by atoms with Crippen molar-refractivity contribution in [2.45, 2.75) is 138 Å². The average Bonchev–Trinajstić information content (AvgIpc) is 0.907. The molecule has 0 aromatic heterocycles. The largest absolute Gasteiger partial charge is 0.508 e. The lowest BCUT2D eigenvalue weighted by molar-refractivity contribution is -0.265. The predicted molar refractivity (Wildman–Crippen MR) is 524 cm³/mol. The number of aliphatic hydroxyl groups excluding tert-OH is 1. The maximum Gasteiger partial charge on any atom is 0.346 e.